The number of benzene rings is 2. The summed E-state index contributed by atoms with van der Waals surface area (Å²) in [6, 6.07) is 13.2. The molecule has 35 heavy (non-hydrogen) atoms. The average molecular weight is 495 g/mol. The number of H-pyrrole nitrogens is 1. The molecule has 0 radical (unpaired) electrons. The molecule has 0 saturated carbocycles. The maximum atomic E-state index is 13.1. The third-order valence-corrected chi connectivity index (χ3v) is 6.37. The number of rotatable bonds is 9. The molecule has 1 aliphatic rings. The molecule has 1 aromatic heterocycles. The molecule has 4 rings (SSSR count). The normalized spacial score (nSPS) is 14.7. The number of hydrogen-bond acceptors (Lipinski definition) is 7. The maximum Gasteiger partial charge on any atom is 0.257 e. The van der Waals surface area contributed by atoms with Gasteiger partial charge in [-0.15, -0.1) is 0 Å². The van der Waals surface area contributed by atoms with Gasteiger partial charge in [0.05, 0.1) is 12.2 Å². The summed E-state index contributed by atoms with van der Waals surface area (Å²) in [6.07, 6.45) is 0.0839. The SMILES string of the molecule is CCOc1cc([C@@H]2CC(=O)Nc3nc(SCc4cccc(C)c4)[nH]c(=O)c32)ccc1OCC(N)=O. The number of nitrogens with two attached hydrogens (primary N) is 1. The topological polar surface area (TPSA) is 136 Å². The van der Waals surface area contributed by atoms with Crippen LogP contribution >= 0.6 is 11.8 Å². The van der Waals surface area contributed by atoms with Gasteiger partial charge in [0.15, 0.2) is 23.3 Å². The van der Waals surface area contributed by atoms with Crippen molar-refractivity contribution in [2.24, 2.45) is 5.73 Å². The molecule has 0 spiro atoms. The van der Waals surface area contributed by atoms with Crippen LogP contribution in [0.5, 0.6) is 11.5 Å². The summed E-state index contributed by atoms with van der Waals surface area (Å²) >= 11 is 1.39. The lowest BCUT2D eigenvalue weighted by Gasteiger charge is -2.25. The zero-order valence-electron chi connectivity index (χ0n) is 19.4. The number of carbonyl (C=O) groups is 2. The molecule has 1 atom stereocenters. The second-order valence-corrected chi connectivity index (χ2v) is 9.07. The zero-order valence-corrected chi connectivity index (χ0v) is 20.2. The summed E-state index contributed by atoms with van der Waals surface area (Å²) in [7, 11) is 0. The molecule has 0 aliphatic carbocycles. The predicted octanol–water partition coefficient (Wildman–Crippen LogP) is 3.11. The van der Waals surface area contributed by atoms with E-state index in [1.165, 1.54) is 11.8 Å². The van der Waals surface area contributed by atoms with Gasteiger partial charge in [0, 0.05) is 18.1 Å². The number of hydrogen-bond donors (Lipinski definition) is 3. The van der Waals surface area contributed by atoms with Crippen LogP contribution in [0.25, 0.3) is 0 Å². The van der Waals surface area contributed by atoms with Crippen LogP contribution in [-0.4, -0.2) is 35.0 Å². The van der Waals surface area contributed by atoms with E-state index in [9.17, 15) is 14.4 Å². The van der Waals surface area contributed by atoms with Gasteiger partial charge in [-0.05, 0) is 37.1 Å². The highest BCUT2D eigenvalue weighted by molar-refractivity contribution is 7.98. The van der Waals surface area contributed by atoms with Crippen molar-refractivity contribution < 1.29 is 19.1 Å². The largest absolute Gasteiger partial charge is 0.490 e. The fourth-order valence-electron chi connectivity index (χ4n) is 3.94. The third kappa shape index (κ3) is 5.83. The third-order valence-electron chi connectivity index (χ3n) is 5.43. The van der Waals surface area contributed by atoms with Crippen molar-refractivity contribution in [1.82, 2.24) is 9.97 Å². The molecule has 2 amide bonds. The van der Waals surface area contributed by atoms with E-state index >= 15 is 0 Å². The van der Waals surface area contributed by atoms with Gasteiger partial charge in [-0.25, -0.2) is 4.98 Å². The standard InChI is InChI=1S/C25H26N4O5S/c1-3-33-19-10-16(7-8-18(19)34-12-20(26)30)17-11-21(31)27-23-22(17)24(32)29-25(28-23)35-13-15-6-4-5-14(2)9-15/h4-10,17H,3,11-13H2,1-2H3,(H2,26,30)(H2,27,28,29,31,32)/t17-/m0/s1. The maximum absolute atomic E-state index is 13.1. The minimum absolute atomic E-state index is 0.0839. The highest BCUT2D eigenvalue weighted by atomic mass is 32.2. The van der Waals surface area contributed by atoms with Gasteiger partial charge in [-0.1, -0.05) is 47.7 Å². The smallest absolute Gasteiger partial charge is 0.257 e. The van der Waals surface area contributed by atoms with Crippen LogP contribution in [0, 0.1) is 6.92 Å². The first kappa shape index (κ1) is 24.3. The molecule has 0 fully saturated rings. The average Bonchev–Trinajstić information content (AvgIpc) is 2.81. The summed E-state index contributed by atoms with van der Waals surface area (Å²) in [5, 5.41) is 3.17. The number of aromatic amines is 1. The first-order valence-electron chi connectivity index (χ1n) is 11.1. The first-order chi connectivity index (χ1) is 16.8. The van der Waals surface area contributed by atoms with Gasteiger partial charge in [0.2, 0.25) is 5.91 Å². The molecular formula is C25H26N4O5S. The van der Waals surface area contributed by atoms with Crippen molar-refractivity contribution in [2.45, 2.75) is 37.1 Å². The second-order valence-electron chi connectivity index (χ2n) is 8.11. The van der Waals surface area contributed by atoms with Crippen molar-refractivity contribution in [1.29, 1.82) is 0 Å². The number of amides is 2. The van der Waals surface area contributed by atoms with Crippen LogP contribution in [0.2, 0.25) is 0 Å². The van der Waals surface area contributed by atoms with Gasteiger partial charge < -0.3 is 25.5 Å². The Bertz CT molecular complexity index is 1320. The van der Waals surface area contributed by atoms with Crippen LogP contribution < -0.4 is 26.1 Å². The van der Waals surface area contributed by atoms with Crippen LogP contribution in [0.4, 0.5) is 5.82 Å². The summed E-state index contributed by atoms with van der Waals surface area (Å²) in [5.74, 6) is 0.276. The molecular weight excluding hydrogens is 468 g/mol. The molecule has 0 bridgehead atoms. The van der Waals surface area contributed by atoms with E-state index in [2.05, 4.69) is 21.4 Å². The Labute approximate surface area is 206 Å². The van der Waals surface area contributed by atoms with Crippen molar-refractivity contribution in [2.75, 3.05) is 18.5 Å². The summed E-state index contributed by atoms with van der Waals surface area (Å²) < 4.78 is 11.1. The molecule has 2 aromatic carbocycles. The number of nitrogens with one attached hydrogen (secondary N) is 2. The van der Waals surface area contributed by atoms with Gasteiger partial charge in [-0.2, -0.15) is 0 Å². The van der Waals surface area contributed by atoms with Gasteiger partial charge in [0.1, 0.15) is 5.82 Å². The number of primary amides is 1. The Hall–Kier alpha value is -3.79. The minimum Gasteiger partial charge on any atom is -0.490 e. The zero-order chi connectivity index (χ0) is 24.9. The molecule has 2 heterocycles. The molecule has 10 heteroatoms. The highest BCUT2D eigenvalue weighted by Gasteiger charge is 2.31. The minimum atomic E-state index is -0.608. The first-order valence-corrected chi connectivity index (χ1v) is 12.1. The van der Waals surface area contributed by atoms with Crippen molar-refractivity contribution >= 4 is 29.4 Å². The van der Waals surface area contributed by atoms with Crippen LogP contribution in [-0.2, 0) is 15.3 Å². The Morgan fingerprint density at radius 3 is 2.74 bits per heavy atom. The van der Waals surface area contributed by atoms with Gasteiger partial charge in [0.25, 0.3) is 11.5 Å². The van der Waals surface area contributed by atoms with E-state index in [1.807, 2.05) is 32.0 Å². The van der Waals surface area contributed by atoms with E-state index in [-0.39, 0.29) is 30.3 Å². The number of aromatic nitrogens is 2. The van der Waals surface area contributed by atoms with E-state index in [0.717, 1.165) is 11.1 Å². The van der Waals surface area contributed by atoms with Crippen molar-refractivity contribution in [3.05, 3.63) is 75.1 Å². The molecule has 0 unspecified atom stereocenters. The molecule has 4 N–H and O–H groups in total. The predicted molar refractivity (Wildman–Crippen MR) is 133 cm³/mol. The van der Waals surface area contributed by atoms with E-state index < -0.39 is 11.8 Å². The van der Waals surface area contributed by atoms with Crippen LogP contribution in [0.3, 0.4) is 0 Å². The van der Waals surface area contributed by atoms with E-state index in [4.69, 9.17) is 15.2 Å². The van der Waals surface area contributed by atoms with Crippen molar-refractivity contribution in [3.63, 3.8) is 0 Å². The quantitative estimate of drug-likeness (QED) is 0.307. The number of nitrogens with zero attached hydrogens (tertiary/aromatic N) is 1. The summed E-state index contributed by atoms with van der Waals surface area (Å²) in [5.41, 5.74) is 8.22. The summed E-state index contributed by atoms with van der Waals surface area (Å²) in [6.45, 7) is 3.91. The number of ether oxygens (including phenoxy) is 2. The lowest BCUT2D eigenvalue weighted by molar-refractivity contribution is -0.120. The van der Waals surface area contributed by atoms with Crippen LogP contribution in [0.1, 0.15) is 41.5 Å². The number of thioether (sulfide) groups is 1. The Balaban J connectivity index is 1.64. The molecule has 1 aliphatic heterocycles. The monoisotopic (exact) mass is 494 g/mol. The second kappa shape index (κ2) is 10.6. The Kier molecular flexibility index (Phi) is 7.40. The fraction of sp³-hybridized carbons (Fsp3) is 0.280. The summed E-state index contributed by atoms with van der Waals surface area (Å²) in [4.78, 5) is 44.1. The fourth-order valence-corrected chi connectivity index (χ4v) is 4.74. The number of fused-ring (bicyclic) bond motifs is 1. The lowest BCUT2D eigenvalue weighted by Crippen LogP contribution is -2.31. The Morgan fingerprint density at radius 1 is 1.17 bits per heavy atom. The molecule has 182 valence electrons. The Morgan fingerprint density at radius 2 is 2.00 bits per heavy atom. The van der Waals surface area contributed by atoms with E-state index in [1.54, 1.807) is 18.2 Å². The van der Waals surface area contributed by atoms with Gasteiger partial charge in [-0.3, -0.25) is 14.4 Å². The molecule has 9 nitrogen and oxygen atoms in total. The van der Waals surface area contributed by atoms with Crippen molar-refractivity contribution in [3.8, 4) is 11.5 Å². The number of anilines is 1. The number of aryl methyl sites for hydroxylation is 1. The molecule has 0 saturated heterocycles. The number of carbonyl (C=O) groups excluding carboxylic acids is 2. The highest BCUT2D eigenvalue weighted by Crippen LogP contribution is 2.38. The van der Waals surface area contributed by atoms with Crippen LogP contribution in [0.15, 0.2) is 52.4 Å². The lowest BCUT2D eigenvalue weighted by atomic mass is 9.86. The van der Waals surface area contributed by atoms with E-state index in [0.29, 0.717) is 40.1 Å². The van der Waals surface area contributed by atoms with Gasteiger partial charge >= 0.3 is 0 Å². The molecule has 3 aromatic rings.